The van der Waals surface area contributed by atoms with E-state index in [0.717, 1.165) is 44.9 Å². The molecule has 6 nitrogen and oxygen atoms in total. The van der Waals surface area contributed by atoms with E-state index in [1.165, 1.54) is 276 Å². The van der Waals surface area contributed by atoms with Crippen LogP contribution in [0.2, 0.25) is 0 Å². The Labute approximate surface area is 425 Å². The van der Waals surface area contributed by atoms with Crippen LogP contribution >= 0.6 is 0 Å². The van der Waals surface area contributed by atoms with Gasteiger partial charge >= 0.3 is 5.97 Å². The maximum absolute atomic E-state index is 12.5. The SMILES string of the molecule is CCCCCCCCCCCCCCCCCCCCCCCC/C=C/C(O)C(CO)NC(=O)CCCCCCCCCCCCCCCCCCOC(=O)CCCCCCCCCCCCC. The lowest BCUT2D eigenvalue weighted by atomic mass is 10.0. The minimum atomic E-state index is -0.849. The predicted octanol–water partition coefficient (Wildman–Crippen LogP) is 19.2. The smallest absolute Gasteiger partial charge is 0.305 e. The lowest BCUT2D eigenvalue weighted by molar-refractivity contribution is -0.143. The third kappa shape index (κ3) is 53.9. The van der Waals surface area contributed by atoms with Crippen molar-refractivity contribution < 1.29 is 24.5 Å². The highest BCUT2D eigenvalue weighted by Crippen LogP contribution is 2.18. The van der Waals surface area contributed by atoms with Crippen LogP contribution in [0.4, 0.5) is 0 Å². The molecule has 0 aliphatic carbocycles. The molecule has 0 aromatic carbocycles. The Bertz CT molecular complexity index is 1020. The summed E-state index contributed by atoms with van der Waals surface area (Å²) in [5.41, 5.74) is 0. The van der Waals surface area contributed by atoms with E-state index in [1.54, 1.807) is 6.08 Å². The maximum atomic E-state index is 12.5. The highest BCUT2D eigenvalue weighted by molar-refractivity contribution is 5.76. The molecule has 0 bridgehead atoms. The number of esters is 1. The van der Waals surface area contributed by atoms with E-state index in [-0.39, 0.29) is 18.5 Å². The number of hydrogen-bond acceptors (Lipinski definition) is 5. The third-order valence-corrected chi connectivity index (χ3v) is 14.6. The Morgan fingerprint density at radius 1 is 0.397 bits per heavy atom. The van der Waals surface area contributed by atoms with Gasteiger partial charge in [-0.15, -0.1) is 0 Å². The lowest BCUT2D eigenvalue weighted by Gasteiger charge is -2.20. The van der Waals surface area contributed by atoms with Gasteiger partial charge in [0.05, 0.1) is 25.4 Å². The number of aliphatic hydroxyl groups excluding tert-OH is 2. The summed E-state index contributed by atoms with van der Waals surface area (Å²) in [6.07, 6.45) is 69.6. The third-order valence-electron chi connectivity index (χ3n) is 14.6. The van der Waals surface area contributed by atoms with E-state index in [2.05, 4.69) is 19.2 Å². The molecule has 0 radical (unpaired) electrons. The fourth-order valence-corrected chi connectivity index (χ4v) is 9.81. The van der Waals surface area contributed by atoms with Gasteiger partial charge in [-0.3, -0.25) is 9.59 Å². The van der Waals surface area contributed by atoms with Crippen molar-refractivity contribution in [3.05, 3.63) is 12.2 Å². The maximum Gasteiger partial charge on any atom is 0.305 e. The molecule has 0 aromatic heterocycles. The fourth-order valence-electron chi connectivity index (χ4n) is 9.81. The van der Waals surface area contributed by atoms with Gasteiger partial charge in [-0.25, -0.2) is 0 Å². The minimum Gasteiger partial charge on any atom is -0.466 e. The summed E-state index contributed by atoms with van der Waals surface area (Å²) in [4.78, 5) is 24.5. The normalized spacial score (nSPS) is 12.6. The van der Waals surface area contributed by atoms with Crippen molar-refractivity contribution in [3.63, 3.8) is 0 Å². The van der Waals surface area contributed by atoms with Crippen LogP contribution in [0, 0.1) is 0 Å². The summed E-state index contributed by atoms with van der Waals surface area (Å²) in [6, 6.07) is -0.633. The molecule has 0 aromatic rings. The van der Waals surface area contributed by atoms with Crippen molar-refractivity contribution in [2.45, 2.75) is 360 Å². The summed E-state index contributed by atoms with van der Waals surface area (Å²) < 4.78 is 5.46. The summed E-state index contributed by atoms with van der Waals surface area (Å²) in [5.74, 6) is -0.0678. The van der Waals surface area contributed by atoms with Crippen LogP contribution in [0.3, 0.4) is 0 Å². The average molecular weight is 961 g/mol. The van der Waals surface area contributed by atoms with Gasteiger partial charge in [-0.1, -0.05) is 315 Å². The first-order valence-electron chi connectivity index (χ1n) is 31.0. The molecule has 1 amide bonds. The van der Waals surface area contributed by atoms with Crippen LogP contribution in [0.1, 0.15) is 348 Å². The second-order valence-corrected chi connectivity index (χ2v) is 21.4. The molecule has 0 aliphatic rings. The van der Waals surface area contributed by atoms with Gasteiger partial charge in [-0.2, -0.15) is 0 Å². The number of nitrogens with one attached hydrogen (secondary N) is 1. The zero-order valence-electron chi connectivity index (χ0n) is 46.1. The van der Waals surface area contributed by atoms with Crippen molar-refractivity contribution in [1.29, 1.82) is 0 Å². The molecule has 0 spiro atoms. The van der Waals surface area contributed by atoms with Crippen LogP contribution in [-0.4, -0.2) is 47.4 Å². The molecule has 0 fully saturated rings. The average Bonchev–Trinajstić information content (AvgIpc) is 3.34. The standard InChI is InChI=1S/C62H121NO5/c1-3-5-7-9-11-13-15-16-17-18-19-20-21-22-23-24-25-28-31-35-38-42-46-50-54-60(65)59(58-64)63-61(66)55-51-47-43-39-36-32-29-26-27-30-33-37-41-45-49-53-57-68-62(67)56-52-48-44-40-34-14-12-10-8-6-4-2/h50,54,59-60,64-65H,3-49,51-53,55-58H2,1-2H3,(H,63,66)/b54-50+. The molecule has 0 rings (SSSR count). The minimum absolute atomic E-state index is 0.00279. The molecule has 3 N–H and O–H groups in total. The number of unbranched alkanes of at least 4 members (excludes halogenated alkanes) is 47. The molecule has 68 heavy (non-hydrogen) atoms. The molecule has 0 saturated heterocycles. The molecule has 0 aliphatic heterocycles. The Morgan fingerprint density at radius 3 is 1.00 bits per heavy atom. The van der Waals surface area contributed by atoms with E-state index < -0.39 is 12.1 Å². The molecule has 6 heteroatoms. The number of allylic oxidation sites excluding steroid dienone is 1. The van der Waals surface area contributed by atoms with E-state index in [9.17, 15) is 19.8 Å². The largest absolute Gasteiger partial charge is 0.466 e. The zero-order valence-corrected chi connectivity index (χ0v) is 46.1. The fraction of sp³-hybridized carbons (Fsp3) is 0.935. The second kappa shape index (κ2) is 58.2. The predicted molar refractivity (Wildman–Crippen MR) is 297 cm³/mol. The van der Waals surface area contributed by atoms with Gasteiger partial charge in [0.1, 0.15) is 0 Å². The van der Waals surface area contributed by atoms with E-state index in [4.69, 9.17) is 4.74 Å². The van der Waals surface area contributed by atoms with Gasteiger partial charge in [-0.05, 0) is 32.1 Å². The van der Waals surface area contributed by atoms with E-state index in [0.29, 0.717) is 19.4 Å². The van der Waals surface area contributed by atoms with Crippen LogP contribution in [-0.2, 0) is 14.3 Å². The summed E-state index contributed by atoms with van der Waals surface area (Å²) in [7, 11) is 0. The number of amides is 1. The Balaban J connectivity index is 3.45. The molecule has 0 heterocycles. The molecule has 404 valence electrons. The highest BCUT2D eigenvalue weighted by atomic mass is 16.5. The number of ether oxygens (including phenoxy) is 1. The van der Waals surface area contributed by atoms with Gasteiger partial charge < -0.3 is 20.3 Å². The first kappa shape index (κ1) is 66.6. The topological polar surface area (TPSA) is 95.9 Å². The Morgan fingerprint density at radius 2 is 0.676 bits per heavy atom. The van der Waals surface area contributed by atoms with Crippen molar-refractivity contribution in [1.82, 2.24) is 5.32 Å². The first-order chi connectivity index (χ1) is 33.5. The van der Waals surface area contributed by atoms with Crippen molar-refractivity contribution in [2.75, 3.05) is 13.2 Å². The number of carbonyl (C=O) groups excluding carboxylic acids is 2. The van der Waals surface area contributed by atoms with Gasteiger partial charge in [0, 0.05) is 12.8 Å². The summed E-state index contributed by atoms with van der Waals surface area (Å²) >= 11 is 0. The van der Waals surface area contributed by atoms with E-state index in [1.807, 2.05) is 6.08 Å². The van der Waals surface area contributed by atoms with Crippen LogP contribution in [0.15, 0.2) is 12.2 Å². The molecular weight excluding hydrogens is 839 g/mol. The highest BCUT2D eigenvalue weighted by Gasteiger charge is 2.18. The van der Waals surface area contributed by atoms with Crippen molar-refractivity contribution in [3.8, 4) is 0 Å². The number of hydrogen-bond donors (Lipinski definition) is 3. The van der Waals surface area contributed by atoms with Crippen molar-refractivity contribution >= 4 is 11.9 Å². The van der Waals surface area contributed by atoms with Crippen LogP contribution in [0.5, 0.6) is 0 Å². The monoisotopic (exact) mass is 960 g/mol. The van der Waals surface area contributed by atoms with Gasteiger partial charge in [0.15, 0.2) is 0 Å². The van der Waals surface area contributed by atoms with Crippen LogP contribution in [0.25, 0.3) is 0 Å². The lowest BCUT2D eigenvalue weighted by Crippen LogP contribution is -2.45. The molecule has 0 saturated carbocycles. The van der Waals surface area contributed by atoms with Crippen molar-refractivity contribution in [2.24, 2.45) is 0 Å². The van der Waals surface area contributed by atoms with E-state index >= 15 is 0 Å². The van der Waals surface area contributed by atoms with Gasteiger partial charge in [0.25, 0.3) is 0 Å². The quantitative estimate of drug-likeness (QED) is 0.0321. The molecule has 2 unspecified atom stereocenters. The first-order valence-corrected chi connectivity index (χ1v) is 31.0. The molecular formula is C62H121NO5. The summed E-state index contributed by atoms with van der Waals surface area (Å²) in [5, 5.41) is 23.2. The Hall–Kier alpha value is -1.40. The number of rotatable bonds is 58. The number of aliphatic hydroxyl groups is 2. The second-order valence-electron chi connectivity index (χ2n) is 21.4. The zero-order chi connectivity index (χ0) is 49.3. The number of carbonyl (C=O) groups is 2. The Kier molecular flexibility index (Phi) is 57.0. The van der Waals surface area contributed by atoms with Crippen LogP contribution < -0.4 is 5.32 Å². The summed E-state index contributed by atoms with van der Waals surface area (Å²) in [6.45, 7) is 4.91. The molecule has 2 atom stereocenters. The van der Waals surface area contributed by atoms with Gasteiger partial charge in [0.2, 0.25) is 5.91 Å².